The first kappa shape index (κ1) is 25.0. The summed E-state index contributed by atoms with van der Waals surface area (Å²) in [6, 6.07) is 11.5. The maximum Gasteiger partial charge on any atom is 0.250 e. The van der Waals surface area contributed by atoms with Crippen molar-refractivity contribution >= 4 is 22.6 Å². The van der Waals surface area contributed by atoms with E-state index < -0.39 is 11.0 Å². The summed E-state index contributed by atoms with van der Waals surface area (Å²) in [5.74, 6) is 0.533. The summed E-state index contributed by atoms with van der Waals surface area (Å²) in [5.41, 5.74) is 3.75. The number of anilines is 1. The smallest absolute Gasteiger partial charge is 0.250 e. The molecule has 0 aliphatic rings. The molecule has 170 valence electrons. The van der Waals surface area contributed by atoms with Crippen LogP contribution < -0.4 is 10.1 Å². The summed E-state index contributed by atoms with van der Waals surface area (Å²) in [7, 11) is 6.10. The van der Waals surface area contributed by atoms with Gasteiger partial charge in [0.2, 0.25) is 5.91 Å². The Morgan fingerprint density at radius 2 is 1.68 bits per heavy atom. The number of hydrogen-bond donors (Lipinski definition) is 1. The van der Waals surface area contributed by atoms with Gasteiger partial charge in [0, 0.05) is 25.8 Å². The van der Waals surface area contributed by atoms with Gasteiger partial charge in [-0.1, -0.05) is 12.1 Å². The summed E-state index contributed by atoms with van der Waals surface area (Å²) >= 11 is 0. The van der Waals surface area contributed by atoms with Crippen molar-refractivity contribution in [3.05, 3.63) is 53.1 Å². The van der Waals surface area contributed by atoms with Crippen LogP contribution in [0.2, 0.25) is 0 Å². The molecule has 0 aliphatic heterocycles. The van der Waals surface area contributed by atoms with Crippen molar-refractivity contribution in [2.45, 2.75) is 25.3 Å². The van der Waals surface area contributed by atoms with Crippen molar-refractivity contribution in [3.63, 3.8) is 0 Å². The zero-order chi connectivity index (χ0) is 23.0. The number of carbonyl (C=O) groups is 1. The number of rotatable bonds is 11. The molecule has 8 heteroatoms. The van der Waals surface area contributed by atoms with Crippen molar-refractivity contribution in [3.8, 4) is 5.75 Å². The van der Waals surface area contributed by atoms with Crippen LogP contribution in [0.3, 0.4) is 0 Å². The van der Waals surface area contributed by atoms with Gasteiger partial charge < -0.3 is 19.7 Å². The van der Waals surface area contributed by atoms with E-state index in [2.05, 4.69) is 10.2 Å². The summed E-state index contributed by atoms with van der Waals surface area (Å²) in [5, 5.41) is 2.82. The molecule has 2 rings (SSSR count). The molecule has 31 heavy (non-hydrogen) atoms. The lowest BCUT2D eigenvalue weighted by atomic mass is 10.1. The Hall–Kier alpha value is -2.26. The number of carbonyl (C=O) groups excluding carboxylic acids is 1. The minimum Gasteiger partial charge on any atom is -0.497 e. The molecule has 0 saturated carbocycles. The Morgan fingerprint density at radius 1 is 1.06 bits per heavy atom. The van der Waals surface area contributed by atoms with Gasteiger partial charge in [0.1, 0.15) is 23.3 Å². The average Bonchev–Trinajstić information content (AvgIpc) is 2.71. The Morgan fingerprint density at radius 3 is 2.23 bits per heavy atom. The summed E-state index contributed by atoms with van der Waals surface area (Å²) in [6.07, 6.45) is 0. The normalized spacial score (nSPS) is 12.3. The molecular formula is C23H33N3O4S. The first-order valence-corrected chi connectivity index (χ1v) is 11.2. The van der Waals surface area contributed by atoms with Gasteiger partial charge >= 0.3 is 0 Å². The number of methoxy groups -OCH3 is 1. The van der Waals surface area contributed by atoms with Crippen LogP contribution >= 0.6 is 0 Å². The fourth-order valence-corrected chi connectivity index (χ4v) is 4.38. The zero-order valence-corrected chi connectivity index (χ0v) is 20.0. The molecule has 0 aromatic heterocycles. The van der Waals surface area contributed by atoms with Crippen LogP contribution in [0.25, 0.3) is 0 Å². The zero-order valence-electron chi connectivity index (χ0n) is 19.2. The van der Waals surface area contributed by atoms with Gasteiger partial charge in [-0.05, 0) is 68.9 Å². The van der Waals surface area contributed by atoms with E-state index >= 15 is 0 Å². The minimum absolute atomic E-state index is 0.0550. The highest BCUT2D eigenvalue weighted by molar-refractivity contribution is 7.82. The molecule has 2 aromatic carbocycles. The lowest BCUT2D eigenvalue weighted by Crippen LogP contribution is -2.28. The number of amides is 1. The standard InChI is InChI=1S/C23H33N3O4S/c1-17-13-21(29-6)14-18(2)23(17)31(28)26(5)11-12-30-16-22(27)24-20-9-7-19(8-10-20)15-25(3)4/h7-10,13-14H,11-12,15-16H2,1-6H3,(H,24,27). The Bertz CT molecular complexity index is 877. The molecule has 7 nitrogen and oxygen atoms in total. The molecule has 0 aliphatic carbocycles. The highest BCUT2D eigenvalue weighted by atomic mass is 32.2. The number of likely N-dealkylation sites (N-methyl/N-ethyl adjacent to an activating group) is 1. The SMILES string of the molecule is COc1cc(C)c(S(=O)N(C)CCOCC(=O)Nc2ccc(CN(C)C)cc2)c(C)c1. The third kappa shape index (κ3) is 7.74. The predicted molar refractivity (Wildman–Crippen MR) is 125 cm³/mol. The number of nitrogens with zero attached hydrogens (tertiary/aromatic N) is 2. The number of aryl methyl sites for hydroxylation is 2. The molecule has 1 atom stereocenters. The highest BCUT2D eigenvalue weighted by Crippen LogP contribution is 2.25. The fourth-order valence-electron chi connectivity index (χ4n) is 3.16. The summed E-state index contributed by atoms with van der Waals surface area (Å²) in [4.78, 5) is 15.0. The van der Waals surface area contributed by atoms with Crippen molar-refractivity contribution in [2.75, 3.05) is 53.3 Å². The van der Waals surface area contributed by atoms with Crippen molar-refractivity contribution < 1.29 is 18.5 Å². The Balaban J connectivity index is 1.78. The monoisotopic (exact) mass is 447 g/mol. The summed E-state index contributed by atoms with van der Waals surface area (Å²) < 4.78 is 25.4. The van der Waals surface area contributed by atoms with Gasteiger partial charge in [-0.2, -0.15) is 0 Å². The largest absolute Gasteiger partial charge is 0.497 e. The Kier molecular flexibility index (Phi) is 9.64. The molecule has 1 amide bonds. The third-order valence-corrected chi connectivity index (χ3v) is 6.39. The van der Waals surface area contributed by atoms with Gasteiger partial charge in [-0.25, -0.2) is 8.51 Å². The first-order chi connectivity index (χ1) is 14.7. The Labute approximate surface area is 187 Å². The molecule has 0 saturated heterocycles. The lowest BCUT2D eigenvalue weighted by Gasteiger charge is -2.19. The lowest BCUT2D eigenvalue weighted by molar-refractivity contribution is -0.120. The second-order valence-electron chi connectivity index (χ2n) is 7.73. The highest BCUT2D eigenvalue weighted by Gasteiger charge is 2.17. The molecule has 0 heterocycles. The predicted octanol–water partition coefficient (Wildman–Crippen LogP) is 2.98. The maximum absolute atomic E-state index is 12.9. The number of nitrogens with one attached hydrogen (secondary N) is 1. The first-order valence-electron chi connectivity index (χ1n) is 10.1. The maximum atomic E-state index is 12.9. The summed E-state index contributed by atoms with van der Waals surface area (Å²) in [6.45, 7) is 5.37. The molecule has 1 unspecified atom stereocenters. The van der Waals surface area contributed by atoms with Crippen molar-refractivity contribution in [1.82, 2.24) is 9.21 Å². The van der Waals surface area contributed by atoms with Gasteiger partial charge in [0.25, 0.3) is 0 Å². The van der Waals surface area contributed by atoms with E-state index in [1.54, 1.807) is 18.5 Å². The number of ether oxygens (including phenoxy) is 2. The molecular weight excluding hydrogens is 414 g/mol. The van der Waals surface area contributed by atoms with Crippen LogP contribution in [0.4, 0.5) is 5.69 Å². The minimum atomic E-state index is -1.32. The van der Waals surface area contributed by atoms with E-state index in [-0.39, 0.29) is 12.5 Å². The second-order valence-corrected chi connectivity index (χ2v) is 9.26. The van der Waals surface area contributed by atoms with Crippen LogP contribution in [0, 0.1) is 13.8 Å². The molecule has 0 bridgehead atoms. The number of hydrogen-bond acceptors (Lipinski definition) is 5. The van der Waals surface area contributed by atoms with E-state index in [4.69, 9.17) is 9.47 Å². The van der Waals surface area contributed by atoms with Crippen molar-refractivity contribution in [1.29, 1.82) is 0 Å². The quantitative estimate of drug-likeness (QED) is 0.536. The number of benzene rings is 2. The van der Waals surface area contributed by atoms with Crippen LogP contribution in [-0.4, -0.2) is 67.3 Å². The fraction of sp³-hybridized carbons (Fsp3) is 0.435. The van der Waals surface area contributed by atoms with Gasteiger partial charge in [0.05, 0.1) is 18.6 Å². The van der Waals surface area contributed by atoms with Gasteiger partial charge in [-0.15, -0.1) is 0 Å². The van der Waals surface area contributed by atoms with Crippen LogP contribution in [0.1, 0.15) is 16.7 Å². The molecule has 0 radical (unpaired) electrons. The van der Waals surface area contributed by atoms with Crippen LogP contribution in [0.5, 0.6) is 5.75 Å². The average molecular weight is 448 g/mol. The van der Waals surface area contributed by atoms with Gasteiger partial charge in [-0.3, -0.25) is 4.79 Å². The van der Waals surface area contributed by atoms with E-state index in [9.17, 15) is 9.00 Å². The molecule has 1 N–H and O–H groups in total. The van der Waals surface area contributed by atoms with E-state index in [0.717, 1.165) is 34.0 Å². The molecule has 2 aromatic rings. The molecule has 0 fully saturated rings. The van der Waals surface area contributed by atoms with E-state index in [0.29, 0.717) is 13.2 Å². The molecule has 0 spiro atoms. The van der Waals surface area contributed by atoms with E-state index in [1.807, 2.05) is 64.3 Å². The van der Waals surface area contributed by atoms with Crippen LogP contribution in [-0.2, 0) is 27.1 Å². The second kappa shape index (κ2) is 12.0. The third-order valence-electron chi connectivity index (χ3n) is 4.65. The van der Waals surface area contributed by atoms with Gasteiger partial charge in [0.15, 0.2) is 0 Å². The topological polar surface area (TPSA) is 71.1 Å². The van der Waals surface area contributed by atoms with E-state index in [1.165, 1.54) is 5.56 Å². The van der Waals surface area contributed by atoms with Crippen molar-refractivity contribution in [2.24, 2.45) is 0 Å². The van der Waals surface area contributed by atoms with Crippen LogP contribution in [0.15, 0.2) is 41.3 Å².